The Morgan fingerprint density at radius 1 is 1.24 bits per heavy atom. The van der Waals surface area contributed by atoms with Crippen LogP contribution in [0.1, 0.15) is 29.0 Å². The Kier molecular flexibility index (Phi) is 4.17. The molecule has 0 saturated heterocycles. The van der Waals surface area contributed by atoms with E-state index in [1.165, 1.54) is 16.0 Å². The number of nitrogens with zero attached hydrogens (tertiary/aromatic N) is 1. The van der Waals surface area contributed by atoms with Crippen molar-refractivity contribution in [1.29, 1.82) is 0 Å². The summed E-state index contributed by atoms with van der Waals surface area (Å²) in [4.78, 5) is 3.92. The van der Waals surface area contributed by atoms with Crippen molar-refractivity contribution in [1.82, 2.24) is 4.90 Å². The van der Waals surface area contributed by atoms with Crippen LogP contribution in [0.3, 0.4) is 0 Å². The third-order valence-electron chi connectivity index (χ3n) is 4.19. The van der Waals surface area contributed by atoms with E-state index in [9.17, 15) is 0 Å². The number of methoxy groups -OCH3 is 2. The van der Waals surface area contributed by atoms with Crippen molar-refractivity contribution < 1.29 is 9.47 Å². The standard InChI is InChI=1S/C17H21NO2S/c1-4-18-8-7-12-10-14(19-2)15(20-3)11-13(12)17(18)16-6-5-9-21-16/h5-6,9-11,17H,4,7-8H2,1-3H3/t17-/m1/s1. The summed E-state index contributed by atoms with van der Waals surface area (Å²) in [6, 6.07) is 8.98. The number of benzene rings is 1. The molecule has 0 aliphatic carbocycles. The number of thiophene rings is 1. The molecule has 0 saturated carbocycles. The highest BCUT2D eigenvalue weighted by atomic mass is 32.1. The average Bonchev–Trinajstić information content (AvgIpc) is 3.06. The van der Waals surface area contributed by atoms with Crippen LogP contribution in [0.2, 0.25) is 0 Å². The van der Waals surface area contributed by atoms with Crippen LogP contribution in [0.15, 0.2) is 29.6 Å². The number of hydrogen-bond donors (Lipinski definition) is 0. The molecule has 0 spiro atoms. The Labute approximate surface area is 130 Å². The summed E-state index contributed by atoms with van der Waals surface area (Å²) in [6.45, 7) is 4.37. The van der Waals surface area contributed by atoms with Gasteiger partial charge in [-0.15, -0.1) is 11.3 Å². The van der Waals surface area contributed by atoms with Gasteiger partial charge in [0.1, 0.15) is 0 Å². The first kappa shape index (κ1) is 14.4. The summed E-state index contributed by atoms with van der Waals surface area (Å²) in [5, 5.41) is 2.15. The highest BCUT2D eigenvalue weighted by Gasteiger charge is 2.29. The first-order valence-corrected chi connectivity index (χ1v) is 8.18. The highest BCUT2D eigenvalue weighted by Crippen LogP contribution is 2.41. The lowest BCUT2D eigenvalue weighted by Gasteiger charge is -2.36. The molecular weight excluding hydrogens is 282 g/mol. The minimum atomic E-state index is 0.332. The van der Waals surface area contributed by atoms with Crippen molar-refractivity contribution in [3.63, 3.8) is 0 Å². The van der Waals surface area contributed by atoms with Gasteiger partial charge in [0.05, 0.1) is 20.3 Å². The molecule has 2 heterocycles. The molecule has 1 atom stereocenters. The van der Waals surface area contributed by atoms with E-state index in [1.54, 1.807) is 14.2 Å². The Bertz CT molecular complexity index is 610. The third-order valence-corrected chi connectivity index (χ3v) is 5.12. The highest BCUT2D eigenvalue weighted by molar-refractivity contribution is 7.10. The number of ether oxygens (including phenoxy) is 2. The van der Waals surface area contributed by atoms with E-state index in [2.05, 4.69) is 41.5 Å². The van der Waals surface area contributed by atoms with Crippen molar-refractivity contribution in [2.24, 2.45) is 0 Å². The minimum absolute atomic E-state index is 0.332. The van der Waals surface area contributed by atoms with E-state index in [0.717, 1.165) is 31.0 Å². The summed E-state index contributed by atoms with van der Waals surface area (Å²) in [7, 11) is 3.40. The molecule has 21 heavy (non-hydrogen) atoms. The normalized spacial score (nSPS) is 18.3. The van der Waals surface area contributed by atoms with Gasteiger partial charge in [0.2, 0.25) is 0 Å². The molecule has 112 valence electrons. The summed E-state index contributed by atoms with van der Waals surface area (Å²) in [5.41, 5.74) is 2.72. The van der Waals surface area contributed by atoms with Gasteiger partial charge < -0.3 is 9.47 Å². The summed E-state index contributed by atoms with van der Waals surface area (Å²) in [6.07, 6.45) is 1.06. The second-order valence-corrected chi connectivity index (χ2v) is 6.18. The molecule has 1 aliphatic rings. The zero-order valence-electron chi connectivity index (χ0n) is 12.8. The predicted octanol–water partition coefficient (Wildman–Crippen LogP) is 3.73. The van der Waals surface area contributed by atoms with Gasteiger partial charge in [-0.05, 0) is 47.7 Å². The summed E-state index contributed by atoms with van der Waals surface area (Å²) < 4.78 is 10.9. The Hall–Kier alpha value is -1.52. The molecule has 0 N–H and O–H groups in total. The van der Waals surface area contributed by atoms with Gasteiger partial charge in [-0.3, -0.25) is 4.90 Å². The fourth-order valence-electron chi connectivity index (χ4n) is 3.12. The van der Waals surface area contributed by atoms with Crippen LogP contribution in [-0.4, -0.2) is 32.2 Å². The Morgan fingerprint density at radius 3 is 2.62 bits per heavy atom. The molecule has 1 aromatic carbocycles. The molecule has 0 radical (unpaired) electrons. The zero-order chi connectivity index (χ0) is 14.8. The number of likely N-dealkylation sites (N-methyl/N-ethyl adjacent to an activating group) is 1. The molecule has 4 heteroatoms. The molecule has 3 rings (SSSR count). The molecule has 1 aromatic heterocycles. The maximum Gasteiger partial charge on any atom is 0.161 e. The van der Waals surface area contributed by atoms with Gasteiger partial charge in [-0.1, -0.05) is 13.0 Å². The van der Waals surface area contributed by atoms with Crippen molar-refractivity contribution >= 4 is 11.3 Å². The van der Waals surface area contributed by atoms with E-state index in [0.29, 0.717) is 6.04 Å². The largest absolute Gasteiger partial charge is 0.493 e. The Balaban J connectivity index is 2.12. The second kappa shape index (κ2) is 6.08. The van der Waals surface area contributed by atoms with Crippen LogP contribution in [0.4, 0.5) is 0 Å². The lowest BCUT2D eigenvalue weighted by atomic mass is 9.91. The topological polar surface area (TPSA) is 21.7 Å². The SMILES string of the molecule is CCN1CCc2cc(OC)c(OC)cc2[C@@H]1c1cccs1. The maximum absolute atomic E-state index is 5.50. The molecule has 0 amide bonds. The van der Waals surface area contributed by atoms with E-state index >= 15 is 0 Å². The molecule has 2 aromatic rings. The summed E-state index contributed by atoms with van der Waals surface area (Å²) in [5.74, 6) is 1.64. The van der Waals surface area contributed by atoms with Gasteiger partial charge in [0, 0.05) is 11.4 Å². The van der Waals surface area contributed by atoms with E-state index in [1.807, 2.05) is 11.3 Å². The van der Waals surface area contributed by atoms with Crippen LogP contribution >= 0.6 is 11.3 Å². The fourth-order valence-corrected chi connectivity index (χ4v) is 3.99. The van der Waals surface area contributed by atoms with Crippen LogP contribution in [0.25, 0.3) is 0 Å². The predicted molar refractivity (Wildman–Crippen MR) is 86.7 cm³/mol. The van der Waals surface area contributed by atoms with Crippen LogP contribution in [0.5, 0.6) is 11.5 Å². The second-order valence-electron chi connectivity index (χ2n) is 5.20. The quantitative estimate of drug-likeness (QED) is 0.859. The molecule has 3 nitrogen and oxygen atoms in total. The van der Waals surface area contributed by atoms with Gasteiger partial charge >= 0.3 is 0 Å². The first-order chi connectivity index (χ1) is 10.3. The fraction of sp³-hybridized carbons (Fsp3) is 0.412. The number of fused-ring (bicyclic) bond motifs is 1. The van der Waals surface area contributed by atoms with Crippen molar-refractivity contribution in [2.45, 2.75) is 19.4 Å². The van der Waals surface area contributed by atoms with Crippen molar-refractivity contribution in [3.8, 4) is 11.5 Å². The molecule has 0 bridgehead atoms. The number of rotatable bonds is 4. The van der Waals surface area contributed by atoms with Gasteiger partial charge in [0.25, 0.3) is 0 Å². The summed E-state index contributed by atoms with van der Waals surface area (Å²) >= 11 is 1.82. The smallest absolute Gasteiger partial charge is 0.161 e. The zero-order valence-corrected chi connectivity index (χ0v) is 13.6. The third kappa shape index (κ3) is 2.54. The Morgan fingerprint density at radius 2 is 2.00 bits per heavy atom. The molecule has 0 fully saturated rings. The van der Waals surface area contributed by atoms with E-state index in [-0.39, 0.29) is 0 Å². The lowest BCUT2D eigenvalue weighted by molar-refractivity contribution is 0.226. The molecular formula is C17H21NO2S. The van der Waals surface area contributed by atoms with Crippen LogP contribution in [0, 0.1) is 0 Å². The minimum Gasteiger partial charge on any atom is -0.493 e. The van der Waals surface area contributed by atoms with Crippen LogP contribution < -0.4 is 9.47 Å². The van der Waals surface area contributed by atoms with Crippen molar-refractivity contribution in [2.75, 3.05) is 27.3 Å². The average molecular weight is 303 g/mol. The maximum atomic E-state index is 5.50. The van der Waals surface area contributed by atoms with Gasteiger partial charge in [-0.25, -0.2) is 0 Å². The molecule has 1 aliphatic heterocycles. The van der Waals surface area contributed by atoms with Crippen LogP contribution in [-0.2, 0) is 6.42 Å². The first-order valence-electron chi connectivity index (χ1n) is 7.30. The van der Waals surface area contributed by atoms with E-state index < -0.39 is 0 Å². The monoisotopic (exact) mass is 303 g/mol. The molecule has 0 unspecified atom stereocenters. The van der Waals surface area contributed by atoms with Gasteiger partial charge in [0.15, 0.2) is 11.5 Å². The van der Waals surface area contributed by atoms with Gasteiger partial charge in [-0.2, -0.15) is 0 Å². The van der Waals surface area contributed by atoms with Crippen molar-refractivity contribution in [3.05, 3.63) is 45.6 Å². The lowest BCUT2D eigenvalue weighted by Crippen LogP contribution is -2.35. The van der Waals surface area contributed by atoms with E-state index in [4.69, 9.17) is 9.47 Å². The number of hydrogen-bond acceptors (Lipinski definition) is 4.